The highest BCUT2D eigenvalue weighted by Crippen LogP contribution is 2.26. The first-order valence-electron chi connectivity index (χ1n) is 8.78. The van der Waals surface area contributed by atoms with Crippen molar-refractivity contribution in [2.24, 2.45) is 11.8 Å². The number of nitrogens with zero attached hydrogens (tertiary/aromatic N) is 1. The summed E-state index contributed by atoms with van der Waals surface area (Å²) >= 11 is 0. The van der Waals surface area contributed by atoms with Gasteiger partial charge in [0.25, 0.3) is 0 Å². The van der Waals surface area contributed by atoms with Gasteiger partial charge in [-0.1, -0.05) is 13.8 Å². The van der Waals surface area contributed by atoms with Gasteiger partial charge in [0.1, 0.15) is 11.8 Å². The van der Waals surface area contributed by atoms with Crippen molar-refractivity contribution in [3.05, 3.63) is 24.3 Å². The molecule has 9 heteroatoms. The summed E-state index contributed by atoms with van der Waals surface area (Å²) in [6, 6.07) is 4.40. The Kier molecular flexibility index (Phi) is 6.48. The monoisotopic (exact) mass is 398 g/mol. The number of hydrogen-bond acceptors (Lipinski definition) is 5. The van der Waals surface area contributed by atoms with Gasteiger partial charge in [0.2, 0.25) is 15.9 Å². The van der Waals surface area contributed by atoms with Crippen LogP contribution in [0, 0.1) is 11.8 Å². The molecule has 0 aliphatic carbocycles. The number of carboxylic acid groups (broad SMARTS) is 1. The molecule has 1 aliphatic heterocycles. The van der Waals surface area contributed by atoms with Crippen molar-refractivity contribution in [1.29, 1.82) is 0 Å². The number of nitrogens with one attached hydrogen (secondary N) is 1. The summed E-state index contributed by atoms with van der Waals surface area (Å²) < 4.78 is 32.9. The van der Waals surface area contributed by atoms with Crippen molar-refractivity contribution in [2.45, 2.75) is 44.2 Å². The van der Waals surface area contributed by atoms with E-state index in [1.54, 1.807) is 20.8 Å². The van der Waals surface area contributed by atoms with Crippen LogP contribution in [0.3, 0.4) is 0 Å². The Labute approximate surface area is 159 Å². The Bertz CT molecular complexity index is 791. The summed E-state index contributed by atoms with van der Waals surface area (Å²) in [4.78, 5) is 25.7. The lowest BCUT2D eigenvalue weighted by atomic mass is 10.0. The highest BCUT2D eigenvalue weighted by molar-refractivity contribution is 7.89. The zero-order valence-electron chi connectivity index (χ0n) is 15.9. The van der Waals surface area contributed by atoms with Gasteiger partial charge in [-0.3, -0.25) is 9.59 Å². The molecule has 0 radical (unpaired) electrons. The van der Waals surface area contributed by atoms with Crippen LogP contribution >= 0.6 is 0 Å². The Morgan fingerprint density at radius 3 is 2.30 bits per heavy atom. The van der Waals surface area contributed by atoms with Crippen LogP contribution in [0.4, 0.5) is 0 Å². The van der Waals surface area contributed by atoms with Gasteiger partial charge >= 0.3 is 5.97 Å². The third-order valence-corrected chi connectivity index (χ3v) is 6.40. The first-order chi connectivity index (χ1) is 12.6. The maximum atomic E-state index is 13.0. The van der Waals surface area contributed by atoms with Crippen LogP contribution in [-0.2, 0) is 19.6 Å². The molecule has 1 aromatic rings. The Morgan fingerprint density at radius 1 is 1.26 bits per heavy atom. The van der Waals surface area contributed by atoms with Crippen molar-refractivity contribution in [2.75, 3.05) is 13.7 Å². The Balaban J connectivity index is 2.21. The molecule has 0 bridgehead atoms. The molecular formula is C18H26N2O6S. The summed E-state index contributed by atoms with van der Waals surface area (Å²) in [5, 5.41) is 9.25. The van der Waals surface area contributed by atoms with E-state index in [2.05, 4.69) is 4.72 Å². The van der Waals surface area contributed by atoms with Crippen molar-refractivity contribution in [3.8, 4) is 5.75 Å². The molecule has 2 N–H and O–H groups in total. The molecule has 1 heterocycles. The molecule has 1 aromatic carbocycles. The molecule has 27 heavy (non-hydrogen) atoms. The summed E-state index contributed by atoms with van der Waals surface area (Å²) in [6.07, 6.45) is 0.359. The number of carboxylic acids is 1. The van der Waals surface area contributed by atoms with Crippen LogP contribution in [0.25, 0.3) is 0 Å². The Morgan fingerprint density at radius 2 is 1.85 bits per heavy atom. The van der Waals surface area contributed by atoms with Crippen LogP contribution in [0.15, 0.2) is 29.2 Å². The van der Waals surface area contributed by atoms with Gasteiger partial charge in [-0.2, -0.15) is 4.72 Å². The van der Waals surface area contributed by atoms with Gasteiger partial charge in [0.15, 0.2) is 0 Å². The van der Waals surface area contributed by atoms with E-state index in [1.165, 1.54) is 36.3 Å². The molecular weight excluding hydrogens is 372 g/mol. The number of ether oxygens (including phenoxy) is 1. The van der Waals surface area contributed by atoms with Crippen LogP contribution in [0.1, 0.15) is 27.2 Å². The molecule has 2 rings (SSSR count). The standard InChI is InChI=1S/C18H26N2O6S/c1-11(2)16(17(21)20-10-9-15(12(20)3)18(22)23)19-27(24,25)14-7-5-13(26-4)6-8-14/h5-8,11-12,15-16,19H,9-10H2,1-4H3,(H,22,23). The predicted octanol–water partition coefficient (Wildman–Crippen LogP) is 1.32. The van der Waals surface area contributed by atoms with E-state index in [0.29, 0.717) is 18.7 Å². The van der Waals surface area contributed by atoms with Gasteiger partial charge in [-0.05, 0) is 43.5 Å². The average Bonchev–Trinajstić information content (AvgIpc) is 3.00. The number of rotatable bonds is 7. The summed E-state index contributed by atoms with van der Waals surface area (Å²) in [5.74, 6) is -1.77. The molecule has 1 aliphatic rings. The van der Waals surface area contributed by atoms with Crippen molar-refractivity contribution in [3.63, 3.8) is 0 Å². The molecule has 150 valence electrons. The van der Waals surface area contributed by atoms with Crippen LogP contribution in [0.5, 0.6) is 5.75 Å². The maximum absolute atomic E-state index is 13.0. The maximum Gasteiger partial charge on any atom is 0.308 e. The number of amides is 1. The van der Waals surface area contributed by atoms with Crippen LogP contribution in [-0.4, -0.2) is 56.0 Å². The largest absolute Gasteiger partial charge is 0.497 e. The zero-order valence-corrected chi connectivity index (χ0v) is 16.7. The van der Waals surface area contributed by atoms with Crippen molar-refractivity contribution >= 4 is 21.9 Å². The quantitative estimate of drug-likeness (QED) is 0.716. The zero-order chi connectivity index (χ0) is 20.4. The van der Waals surface area contributed by atoms with E-state index < -0.39 is 39.9 Å². The molecule has 1 fully saturated rings. The van der Waals surface area contributed by atoms with Gasteiger partial charge in [0.05, 0.1) is 17.9 Å². The molecule has 0 spiro atoms. The molecule has 1 saturated heterocycles. The Hall–Kier alpha value is -2.13. The fourth-order valence-electron chi connectivity index (χ4n) is 3.22. The van der Waals surface area contributed by atoms with Crippen LogP contribution in [0.2, 0.25) is 0 Å². The van der Waals surface area contributed by atoms with E-state index in [0.717, 1.165) is 0 Å². The van der Waals surface area contributed by atoms with Gasteiger partial charge in [-0.15, -0.1) is 0 Å². The third kappa shape index (κ3) is 4.59. The van der Waals surface area contributed by atoms with E-state index in [4.69, 9.17) is 4.74 Å². The third-order valence-electron chi connectivity index (χ3n) is 4.94. The lowest BCUT2D eigenvalue weighted by molar-refractivity contribution is -0.143. The number of carbonyl (C=O) groups excluding carboxylic acids is 1. The van der Waals surface area contributed by atoms with Crippen molar-refractivity contribution < 1.29 is 27.9 Å². The predicted molar refractivity (Wildman–Crippen MR) is 98.9 cm³/mol. The number of carbonyl (C=O) groups is 2. The smallest absolute Gasteiger partial charge is 0.308 e. The minimum atomic E-state index is -3.92. The molecule has 1 amide bonds. The number of hydrogen-bond donors (Lipinski definition) is 2. The minimum absolute atomic E-state index is 0.0274. The first kappa shape index (κ1) is 21.2. The molecule has 0 aromatic heterocycles. The van der Waals surface area contributed by atoms with Gasteiger partial charge in [0, 0.05) is 12.6 Å². The molecule has 0 saturated carbocycles. The first-order valence-corrected chi connectivity index (χ1v) is 10.3. The second kappa shape index (κ2) is 8.26. The second-order valence-corrected chi connectivity index (χ2v) is 8.74. The fraction of sp³-hybridized carbons (Fsp3) is 0.556. The highest BCUT2D eigenvalue weighted by Gasteiger charge is 2.41. The lowest BCUT2D eigenvalue weighted by Gasteiger charge is -2.30. The van der Waals surface area contributed by atoms with Gasteiger partial charge in [-0.25, -0.2) is 8.42 Å². The number of aliphatic carboxylic acids is 1. The number of methoxy groups -OCH3 is 1. The topological polar surface area (TPSA) is 113 Å². The summed E-state index contributed by atoms with van der Waals surface area (Å²) in [5.41, 5.74) is 0. The average molecular weight is 398 g/mol. The van der Waals surface area contributed by atoms with Crippen molar-refractivity contribution in [1.82, 2.24) is 9.62 Å². The summed E-state index contributed by atoms with van der Waals surface area (Å²) in [6.45, 7) is 5.46. The normalized spacial score (nSPS) is 21.3. The number of likely N-dealkylation sites (tertiary alicyclic amines) is 1. The molecule has 3 unspecified atom stereocenters. The second-order valence-electron chi connectivity index (χ2n) is 7.02. The van der Waals surface area contributed by atoms with E-state index in [9.17, 15) is 23.1 Å². The molecule has 3 atom stereocenters. The van der Waals surface area contributed by atoms with Gasteiger partial charge < -0.3 is 14.7 Å². The molecule has 8 nitrogen and oxygen atoms in total. The van der Waals surface area contributed by atoms with E-state index >= 15 is 0 Å². The number of sulfonamides is 1. The lowest BCUT2D eigenvalue weighted by Crippen LogP contribution is -2.52. The van der Waals surface area contributed by atoms with Crippen LogP contribution < -0.4 is 9.46 Å². The minimum Gasteiger partial charge on any atom is -0.497 e. The number of benzene rings is 1. The highest BCUT2D eigenvalue weighted by atomic mass is 32.2. The van der Waals surface area contributed by atoms with E-state index in [1.807, 2.05) is 0 Å². The summed E-state index contributed by atoms with van der Waals surface area (Å²) in [7, 11) is -2.44. The van der Waals surface area contributed by atoms with E-state index in [-0.39, 0.29) is 10.8 Å². The fourth-order valence-corrected chi connectivity index (χ4v) is 4.56. The SMILES string of the molecule is COc1ccc(S(=O)(=O)NC(C(=O)N2CCC(C(=O)O)C2C)C(C)C)cc1.